The lowest BCUT2D eigenvalue weighted by molar-refractivity contribution is 0.0724. The van der Waals surface area contributed by atoms with Gasteiger partial charge in [0.2, 0.25) is 0 Å². The zero-order chi connectivity index (χ0) is 14.6. The van der Waals surface area contributed by atoms with Crippen molar-refractivity contribution in [3.8, 4) is 0 Å². The van der Waals surface area contributed by atoms with E-state index in [2.05, 4.69) is 0 Å². The van der Waals surface area contributed by atoms with Gasteiger partial charge in [0.15, 0.2) is 9.84 Å². The van der Waals surface area contributed by atoms with Crippen LogP contribution in [0.25, 0.3) is 0 Å². The van der Waals surface area contributed by atoms with Crippen molar-refractivity contribution < 1.29 is 18.3 Å². The van der Waals surface area contributed by atoms with Gasteiger partial charge in [-0.1, -0.05) is 19.1 Å². The Bertz CT molecular complexity index is 544. The molecule has 0 aromatic heterocycles. The van der Waals surface area contributed by atoms with Crippen molar-refractivity contribution >= 4 is 15.5 Å². The van der Waals surface area contributed by atoms with E-state index in [-0.39, 0.29) is 18.4 Å². The number of rotatable bonds is 5. The number of hydrogen-bond acceptors (Lipinski definition) is 5. The first-order valence-corrected chi connectivity index (χ1v) is 8.52. The van der Waals surface area contributed by atoms with Crippen molar-refractivity contribution in [1.82, 2.24) is 0 Å². The Labute approximate surface area is 120 Å². The number of benzene rings is 1. The van der Waals surface area contributed by atoms with Crippen molar-refractivity contribution in [2.75, 3.05) is 37.0 Å². The summed E-state index contributed by atoms with van der Waals surface area (Å²) in [5.41, 5.74) is 0.670. The van der Waals surface area contributed by atoms with Crippen LogP contribution >= 0.6 is 0 Å². The molecule has 1 saturated heterocycles. The molecule has 5 nitrogen and oxygen atoms in total. The van der Waals surface area contributed by atoms with Gasteiger partial charge in [-0.3, -0.25) is 0 Å². The lowest BCUT2D eigenvalue weighted by atomic mass is 10.2. The molecule has 1 heterocycles. The van der Waals surface area contributed by atoms with Crippen LogP contribution in [0.1, 0.15) is 13.3 Å². The summed E-state index contributed by atoms with van der Waals surface area (Å²) in [6, 6.07) is 6.81. The van der Waals surface area contributed by atoms with Gasteiger partial charge >= 0.3 is 0 Å². The molecule has 1 unspecified atom stereocenters. The standard InChI is InChI=1S/C14H21NO4S/c1-2-9-20(17,18)14-6-4-3-5-13(14)15-7-8-19-11-12(15)10-16/h3-6,12,16H,2,7-11H2,1H3. The first-order chi connectivity index (χ1) is 9.60. The summed E-state index contributed by atoms with van der Waals surface area (Å²) in [6.45, 7) is 3.34. The zero-order valence-corrected chi connectivity index (χ0v) is 12.5. The molecule has 0 saturated carbocycles. The molecule has 1 fully saturated rings. The highest BCUT2D eigenvalue weighted by Crippen LogP contribution is 2.29. The quantitative estimate of drug-likeness (QED) is 0.881. The number of anilines is 1. The average molecular weight is 299 g/mol. The predicted molar refractivity (Wildman–Crippen MR) is 77.8 cm³/mol. The second kappa shape index (κ2) is 6.56. The number of hydrogen-bond donors (Lipinski definition) is 1. The number of aliphatic hydroxyl groups is 1. The molecule has 0 bridgehead atoms. The smallest absolute Gasteiger partial charge is 0.180 e. The van der Waals surface area contributed by atoms with Crippen LogP contribution in [0.3, 0.4) is 0 Å². The molecule has 1 aliphatic rings. The molecule has 0 aliphatic carbocycles. The van der Waals surface area contributed by atoms with Gasteiger partial charge in [-0.2, -0.15) is 0 Å². The molecule has 0 spiro atoms. The van der Waals surface area contributed by atoms with E-state index in [9.17, 15) is 13.5 Å². The van der Waals surface area contributed by atoms with Gasteiger partial charge in [0, 0.05) is 6.54 Å². The van der Waals surface area contributed by atoms with Gasteiger partial charge < -0.3 is 14.7 Å². The molecule has 0 radical (unpaired) electrons. The number of aliphatic hydroxyl groups excluding tert-OH is 1. The molecule has 1 aromatic rings. The molecular weight excluding hydrogens is 278 g/mol. The lowest BCUT2D eigenvalue weighted by Crippen LogP contribution is -2.48. The van der Waals surface area contributed by atoms with Crippen LogP contribution < -0.4 is 4.90 Å². The van der Waals surface area contributed by atoms with E-state index in [1.165, 1.54) is 0 Å². The molecule has 2 rings (SSSR count). The molecular formula is C14H21NO4S. The fraction of sp³-hybridized carbons (Fsp3) is 0.571. The van der Waals surface area contributed by atoms with Gasteiger partial charge in [0.1, 0.15) is 0 Å². The number of para-hydroxylation sites is 1. The topological polar surface area (TPSA) is 66.8 Å². The second-order valence-corrected chi connectivity index (χ2v) is 6.97. The summed E-state index contributed by atoms with van der Waals surface area (Å²) in [5.74, 6) is 0.137. The summed E-state index contributed by atoms with van der Waals surface area (Å²) in [6.07, 6.45) is 0.587. The fourth-order valence-corrected chi connectivity index (χ4v) is 4.01. The second-order valence-electron chi connectivity index (χ2n) is 4.89. The van der Waals surface area contributed by atoms with Gasteiger partial charge in [-0.05, 0) is 18.6 Å². The third-order valence-electron chi connectivity index (χ3n) is 3.42. The van der Waals surface area contributed by atoms with Crippen molar-refractivity contribution in [2.24, 2.45) is 0 Å². The van der Waals surface area contributed by atoms with Crippen LogP contribution in [-0.4, -0.2) is 51.7 Å². The van der Waals surface area contributed by atoms with Gasteiger partial charge in [0.05, 0.1) is 42.2 Å². The summed E-state index contributed by atoms with van der Waals surface area (Å²) < 4.78 is 30.1. The highest BCUT2D eigenvalue weighted by molar-refractivity contribution is 7.91. The fourth-order valence-electron chi connectivity index (χ4n) is 2.46. The van der Waals surface area contributed by atoms with Crippen molar-refractivity contribution in [3.05, 3.63) is 24.3 Å². The molecule has 1 aliphatic heterocycles. The molecule has 1 N–H and O–H groups in total. The van der Waals surface area contributed by atoms with E-state index in [4.69, 9.17) is 4.74 Å². The maximum absolute atomic E-state index is 12.4. The summed E-state index contributed by atoms with van der Waals surface area (Å²) >= 11 is 0. The first-order valence-electron chi connectivity index (χ1n) is 6.87. The Hall–Kier alpha value is -1.11. The molecule has 6 heteroatoms. The molecule has 0 amide bonds. The molecule has 112 valence electrons. The first kappa shape index (κ1) is 15.3. The van der Waals surface area contributed by atoms with Gasteiger partial charge in [0.25, 0.3) is 0 Å². The molecule has 20 heavy (non-hydrogen) atoms. The Morgan fingerprint density at radius 3 is 2.85 bits per heavy atom. The van der Waals surface area contributed by atoms with Crippen LogP contribution in [-0.2, 0) is 14.6 Å². The van der Waals surface area contributed by atoms with Crippen LogP contribution in [0, 0.1) is 0 Å². The largest absolute Gasteiger partial charge is 0.394 e. The summed E-state index contributed by atoms with van der Waals surface area (Å²) in [4.78, 5) is 2.29. The van der Waals surface area contributed by atoms with E-state index in [0.717, 1.165) is 0 Å². The highest BCUT2D eigenvalue weighted by Gasteiger charge is 2.27. The van der Waals surface area contributed by atoms with Crippen LogP contribution in [0.4, 0.5) is 5.69 Å². The van der Waals surface area contributed by atoms with E-state index in [1.54, 1.807) is 18.2 Å². The summed E-state index contributed by atoms with van der Waals surface area (Å²) in [5, 5.41) is 9.45. The van der Waals surface area contributed by atoms with E-state index < -0.39 is 9.84 Å². The SMILES string of the molecule is CCCS(=O)(=O)c1ccccc1N1CCOCC1CO. The average Bonchev–Trinajstić information content (AvgIpc) is 2.47. The number of morpholine rings is 1. The van der Waals surface area contributed by atoms with Gasteiger partial charge in [-0.15, -0.1) is 0 Å². The van der Waals surface area contributed by atoms with E-state index >= 15 is 0 Å². The Morgan fingerprint density at radius 2 is 2.15 bits per heavy atom. The van der Waals surface area contributed by atoms with Crippen LogP contribution in [0.2, 0.25) is 0 Å². The zero-order valence-electron chi connectivity index (χ0n) is 11.7. The van der Waals surface area contributed by atoms with Crippen LogP contribution in [0.5, 0.6) is 0 Å². The minimum absolute atomic E-state index is 0.0534. The van der Waals surface area contributed by atoms with Crippen molar-refractivity contribution in [1.29, 1.82) is 0 Å². The third-order valence-corrected chi connectivity index (χ3v) is 5.38. The van der Waals surface area contributed by atoms with Crippen molar-refractivity contribution in [3.63, 3.8) is 0 Å². The molecule has 1 aromatic carbocycles. The Kier molecular flexibility index (Phi) is 5.01. The minimum atomic E-state index is -3.29. The maximum Gasteiger partial charge on any atom is 0.180 e. The minimum Gasteiger partial charge on any atom is -0.394 e. The monoisotopic (exact) mass is 299 g/mol. The lowest BCUT2D eigenvalue weighted by Gasteiger charge is -2.37. The van der Waals surface area contributed by atoms with E-state index in [0.29, 0.717) is 36.8 Å². The predicted octanol–water partition coefficient (Wildman–Crippen LogP) is 1.07. The number of ether oxygens (including phenoxy) is 1. The summed E-state index contributed by atoms with van der Waals surface area (Å²) in [7, 11) is -3.29. The normalized spacial score (nSPS) is 20.1. The molecule has 1 atom stereocenters. The Balaban J connectivity index is 2.41. The Morgan fingerprint density at radius 1 is 1.40 bits per heavy atom. The maximum atomic E-state index is 12.4. The van der Waals surface area contributed by atoms with E-state index in [1.807, 2.05) is 17.9 Å². The number of sulfone groups is 1. The van der Waals surface area contributed by atoms with Gasteiger partial charge in [-0.25, -0.2) is 8.42 Å². The third kappa shape index (κ3) is 3.13. The van der Waals surface area contributed by atoms with Crippen molar-refractivity contribution in [2.45, 2.75) is 24.3 Å². The highest BCUT2D eigenvalue weighted by atomic mass is 32.2. The number of nitrogens with zero attached hydrogens (tertiary/aromatic N) is 1. The van der Waals surface area contributed by atoms with Crippen LogP contribution in [0.15, 0.2) is 29.2 Å².